The van der Waals surface area contributed by atoms with E-state index in [1.807, 2.05) is 0 Å². The number of hydrogen-bond donors (Lipinski definition) is 5. The van der Waals surface area contributed by atoms with Gasteiger partial charge in [-0.3, -0.25) is 0 Å². The molecule has 4 atom stereocenters. The summed E-state index contributed by atoms with van der Waals surface area (Å²) in [6, 6.07) is 0. The van der Waals surface area contributed by atoms with E-state index >= 15 is 0 Å². The lowest BCUT2D eigenvalue weighted by molar-refractivity contribution is -0.196. The van der Waals surface area contributed by atoms with Gasteiger partial charge in [0.15, 0.2) is 5.60 Å². The summed E-state index contributed by atoms with van der Waals surface area (Å²) in [5.41, 5.74) is 3.18. The van der Waals surface area contributed by atoms with E-state index in [4.69, 9.17) is 10.8 Å². The summed E-state index contributed by atoms with van der Waals surface area (Å²) in [6.45, 7) is -0.666. The van der Waals surface area contributed by atoms with Crippen LogP contribution in [0.1, 0.15) is 12.8 Å². The van der Waals surface area contributed by atoms with Gasteiger partial charge in [0.05, 0.1) is 12.7 Å². The third kappa shape index (κ3) is 2.20. The third-order valence-electron chi connectivity index (χ3n) is 2.69. The fourth-order valence-electron chi connectivity index (χ4n) is 1.75. The van der Waals surface area contributed by atoms with E-state index < -0.39 is 36.6 Å². The normalized spacial score (nSPS) is 41.2. The van der Waals surface area contributed by atoms with E-state index in [-0.39, 0.29) is 12.8 Å². The fraction of sp³-hybridized carbons (Fsp3) is 0.875. The molecule has 1 fully saturated rings. The molecule has 0 bridgehead atoms. The Bertz CT molecular complexity index is 247. The molecule has 0 heterocycles. The van der Waals surface area contributed by atoms with Crippen LogP contribution in [-0.4, -0.2) is 57.0 Å². The van der Waals surface area contributed by atoms with Crippen molar-refractivity contribution >= 4 is 6.09 Å². The van der Waals surface area contributed by atoms with Crippen molar-refractivity contribution < 1.29 is 30.0 Å². The molecule has 0 aliphatic heterocycles. The number of hydrogen-bond acceptors (Lipinski definition) is 6. The molecule has 6 N–H and O–H groups in total. The average Bonchev–Trinajstić information content (AvgIpc) is 2.19. The number of rotatable bonds is 2. The van der Waals surface area contributed by atoms with Gasteiger partial charge in [-0.25, -0.2) is 4.79 Å². The number of carbonyl (C=O) groups excluding carboxylic acids is 1. The highest BCUT2D eigenvalue weighted by Gasteiger charge is 2.50. The number of nitrogens with two attached hydrogens (primary N) is 1. The first-order chi connectivity index (χ1) is 6.93. The Morgan fingerprint density at radius 1 is 1.47 bits per heavy atom. The van der Waals surface area contributed by atoms with Gasteiger partial charge in [0.1, 0.15) is 12.2 Å². The second kappa shape index (κ2) is 4.31. The van der Waals surface area contributed by atoms with Gasteiger partial charge in [-0.15, -0.1) is 0 Å². The maximum Gasteiger partial charge on any atom is 0.405 e. The summed E-state index contributed by atoms with van der Waals surface area (Å²) >= 11 is 0. The SMILES string of the molecule is NC(=O)O[C@]1(CO)CC[C@H](O)[C@@H](O)[C@@H]1O. The van der Waals surface area contributed by atoms with Crippen LogP contribution < -0.4 is 5.73 Å². The topological polar surface area (TPSA) is 133 Å². The first-order valence-corrected chi connectivity index (χ1v) is 4.56. The Morgan fingerprint density at radius 3 is 2.53 bits per heavy atom. The Kier molecular flexibility index (Phi) is 3.50. The van der Waals surface area contributed by atoms with Crippen LogP contribution in [0.5, 0.6) is 0 Å². The minimum absolute atomic E-state index is 0.0336. The molecule has 1 rings (SSSR count). The molecular weight excluding hydrogens is 206 g/mol. The minimum Gasteiger partial charge on any atom is -0.438 e. The molecule has 0 unspecified atom stereocenters. The van der Waals surface area contributed by atoms with E-state index in [2.05, 4.69) is 4.74 Å². The summed E-state index contributed by atoms with van der Waals surface area (Å²) in [4.78, 5) is 10.6. The molecule has 0 aromatic carbocycles. The van der Waals surface area contributed by atoms with Crippen molar-refractivity contribution in [2.24, 2.45) is 5.73 Å². The number of ether oxygens (including phenoxy) is 1. The lowest BCUT2D eigenvalue weighted by atomic mass is 9.79. The molecule has 1 aliphatic rings. The van der Waals surface area contributed by atoms with Gasteiger partial charge in [-0.05, 0) is 12.8 Å². The molecule has 1 aliphatic carbocycles. The molecule has 7 heteroatoms. The van der Waals surface area contributed by atoms with Crippen molar-refractivity contribution in [3.8, 4) is 0 Å². The molecule has 1 saturated carbocycles. The van der Waals surface area contributed by atoms with E-state index in [0.717, 1.165) is 0 Å². The molecule has 88 valence electrons. The number of amides is 1. The van der Waals surface area contributed by atoms with E-state index in [0.29, 0.717) is 0 Å². The summed E-state index contributed by atoms with van der Waals surface area (Å²) in [6.07, 6.45) is -5.13. The monoisotopic (exact) mass is 221 g/mol. The fourth-order valence-corrected chi connectivity index (χ4v) is 1.75. The molecule has 15 heavy (non-hydrogen) atoms. The van der Waals surface area contributed by atoms with Crippen molar-refractivity contribution in [1.29, 1.82) is 0 Å². The lowest BCUT2D eigenvalue weighted by Gasteiger charge is -2.43. The summed E-state index contributed by atoms with van der Waals surface area (Å²) in [5, 5.41) is 37.3. The highest BCUT2D eigenvalue weighted by molar-refractivity contribution is 5.65. The number of aliphatic hydroxyl groups excluding tert-OH is 4. The molecule has 7 nitrogen and oxygen atoms in total. The van der Waals surface area contributed by atoms with Crippen molar-refractivity contribution in [3.05, 3.63) is 0 Å². The van der Waals surface area contributed by atoms with Crippen molar-refractivity contribution in [2.45, 2.75) is 36.8 Å². The summed E-state index contributed by atoms with van der Waals surface area (Å²) in [5.74, 6) is 0. The predicted octanol–water partition coefficient (Wildman–Crippen LogP) is -2.31. The van der Waals surface area contributed by atoms with E-state index in [1.54, 1.807) is 0 Å². The van der Waals surface area contributed by atoms with Crippen LogP contribution in [0.15, 0.2) is 0 Å². The highest BCUT2D eigenvalue weighted by Crippen LogP contribution is 2.32. The number of aliphatic hydroxyl groups is 4. The van der Waals surface area contributed by atoms with E-state index in [1.165, 1.54) is 0 Å². The van der Waals surface area contributed by atoms with Crippen LogP contribution in [0.3, 0.4) is 0 Å². The van der Waals surface area contributed by atoms with Crippen molar-refractivity contribution in [2.75, 3.05) is 6.61 Å². The van der Waals surface area contributed by atoms with Crippen molar-refractivity contribution in [1.82, 2.24) is 0 Å². The second-order valence-corrected chi connectivity index (χ2v) is 3.69. The smallest absolute Gasteiger partial charge is 0.405 e. The standard InChI is InChI=1S/C8H15NO6/c9-7(14)15-8(3-10)2-1-4(11)5(12)6(8)13/h4-6,10-13H,1-3H2,(H2,9,14)/t4-,5+,6-,8-/m0/s1. The highest BCUT2D eigenvalue weighted by atomic mass is 16.6. The van der Waals surface area contributed by atoms with Gasteiger partial charge < -0.3 is 30.9 Å². The molecule has 0 aromatic heterocycles. The zero-order valence-corrected chi connectivity index (χ0v) is 8.04. The molecule has 1 amide bonds. The Morgan fingerprint density at radius 2 is 2.07 bits per heavy atom. The Hall–Kier alpha value is -0.890. The van der Waals surface area contributed by atoms with Crippen LogP contribution in [0.25, 0.3) is 0 Å². The van der Waals surface area contributed by atoms with Gasteiger partial charge in [0, 0.05) is 0 Å². The number of carbonyl (C=O) groups is 1. The van der Waals surface area contributed by atoms with Gasteiger partial charge >= 0.3 is 6.09 Å². The van der Waals surface area contributed by atoms with Crippen LogP contribution in [0.4, 0.5) is 4.79 Å². The second-order valence-electron chi connectivity index (χ2n) is 3.69. The van der Waals surface area contributed by atoms with Gasteiger partial charge in [0.2, 0.25) is 0 Å². The average molecular weight is 221 g/mol. The summed E-state index contributed by atoms with van der Waals surface area (Å²) in [7, 11) is 0. The maximum atomic E-state index is 10.6. The zero-order valence-electron chi connectivity index (χ0n) is 8.04. The van der Waals surface area contributed by atoms with Crippen LogP contribution in [0.2, 0.25) is 0 Å². The first-order valence-electron chi connectivity index (χ1n) is 4.56. The first kappa shape index (κ1) is 12.2. The molecule has 0 saturated heterocycles. The van der Waals surface area contributed by atoms with Crippen molar-refractivity contribution in [3.63, 3.8) is 0 Å². The largest absolute Gasteiger partial charge is 0.438 e. The maximum absolute atomic E-state index is 10.6. The number of primary amides is 1. The van der Waals surface area contributed by atoms with Gasteiger partial charge in [-0.2, -0.15) is 0 Å². The summed E-state index contributed by atoms with van der Waals surface area (Å²) < 4.78 is 4.63. The zero-order chi connectivity index (χ0) is 11.6. The molecule has 0 aromatic rings. The molecule has 0 spiro atoms. The quantitative estimate of drug-likeness (QED) is 0.356. The Labute approximate surface area is 86.1 Å². The van der Waals surface area contributed by atoms with Gasteiger partial charge in [0.25, 0.3) is 0 Å². The lowest BCUT2D eigenvalue weighted by Crippen LogP contribution is -2.61. The molecular formula is C8H15NO6. The molecule has 0 radical (unpaired) electrons. The Balaban J connectivity index is 2.84. The predicted molar refractivity (Wildman–Crippen MR) is 47.7 cm³/mol. The third-order valence-corrected chi connectivity index (χ3v) is 2.69. The van der Waals surface area contributed by atoms with Crippen LogP contribution in [-0.2, 0) is 4.74 Å². The minimum atomic E-state index is -1.62. The van der Waals surface area contributed by atoms with E-state index in [9.17, 15) is 20.1 Å². The van der Waals surface area contributed by atoms with Gasteiger partial charge in [-0.1, -0.05) is 0 Å². The van der Waals surface area contributed by atoms with Crippen LogP contribution >= 0.6 is 0 Å². The van der Waals surface area contributed by atoms with Crippen LogP contribution in [0, 0.1) is 0 Å².